The van der Waals surface area contributed by atoms with Crippen LogP contribution in [0.5, 0.6) is 0 Å². The molecule has 1 aromatic carbocycles. The number of aryl methyl sites for hydroxylation is 1. The molecule has 0 spiro atoms. The van der Waals surface area contributed by atoms with Gasteiger partial charge >= 0.3 is 0 Å². The van der Waals surface area contributed by atoms with Gasteiger partial charge in [0.05, 0.1) is 12.2 Å². The fraction of sp³-hybridized carbons (Fsp3) is 0.429. The fourth-order valence-corrected chi connectivity index (χ4v) is 4.18. The second kappa shape index (κ2) is 9.34. The lowest BCUT2D eigenvalue weighted by atomic mass is 9.95. The third kappa shape index (κ3) is 4.67. The Kier molecular flexibility index (Phi) is 6.37. The molecule has 1 amide bonds. The molecule has 0 bridgehead atoms. The summed E-state index contributed by atoms with van der Waals surface area (Å²) in [4.78, 5) is 22.9. The summed E-state index contributed by atoms with van der Waals surface area (Å²) in [5, 5.41) is 9.66. The Hall–Kier alpha value is -2.81. The molecule has 1 aliphatic heterocycles. The van der Waals surface area contributed by atoms with E-state index in [1.165, 1.54) is 17.4 Å². The summed E-state index contributed by atoms with van der Waals surface area (Å²) < 4.78 is 20.0. The highest BCUT2D eigenvalue weighted by molar-refractivity contribution is 7.09. The number of nitrogens with zero attached hydrogens (tertiary/aromatic N) is 4. The SMILES string of the molecule is CCCc1noc(-c2ccc(N3CCC(C(=O)NCc4nccs4)CC3)c(F)c2)n1. The number of hydrogen-bond donors (Lipinski definition) is 1. The molecule has 30 heavy (non-hydrogen) atoms. The number of rotatable bonds is 7. The zero-order valence-corrected chi connectivity index (χ0v) is 17.6. The molecule has 3 aromatic rings. The van der Waals surface area contributed by atoms with Gasteiger partial charge in [0, 0.05) is 42.6 Å². The number of aromatic nitrogens is 3. The van der Waals surface area contributed by atoms with Crippen LogP contribution in [0, 0.1) is 11.7 Å². The van der Waals surface area contributed by atoms with Gasteiger partial charge in [0.15, 0.2) is 5.82 Å². The molecule has 0 unspecified atom stereocenters. The van der Waals surface area contributed by atoms with E-state index in [9.17, 15) is 9.18 Å². The van der Waals surface area contributed by atoms with Gasteiger partial charge in [0.25, 0.3) is 5.89 Å². The Morgan fingerprint density at radius 3 is 2.90 bits per heavy atom. The molecule has 0 radical (unpaired) electrons. The summed E-state index contributed by atoms with van der Waals surface area (Å²) >= 11 is 1.52. The summed E-state index contributed by atoms with van der Waals surface area (Å²) in [5.74, 6) is 0.625. The van der Waals surface area contributed by atoms with Gasteiger partial charge in [-0.05, 0) is 37.5 Å². The van der Waals surface area contributed by atoms with Gasteiger partial charge in [0.2, 0.25) is 5.91 Å². The first-order valence-corrected chi connectivity index (χ1v) is 11.1. The van der Waals surface area contributed by atoms with Crippen molar-refractivity contribution in [2.75, 3.05) is 18.0 Å². The zero-order valence-electron chi connectivity index (χ0n) is 16.8. The molecule has 0 saturated carbocycles. The number of halogens is 1. The highest BCUT2D eigenvalue weighted by Gasteiger charge is 2.26. The number of anilines is 1. The largest absolute Gasteiger partial charge is 0.369 e. The van der Waals surface area contributed by atoms with E-state index in [0.717, 1.165) is 17.8 Å². The van der Waals surface area contributed by atoms with Crippen molar-refractivity contribution >= 4 is 22.9 Å². The number of carbonyl (C=O) groups is 1. The number of piperidine rings is 1. The average molecular weight is 430 g/mol. The van der Waals surface area contributed by atoms with Gasteiger partial charge in [-0.1, -0.05) is 12.1 Å². The molecular formula is C21H24FN5O2S. The Bertz CT molecular complexity index is 983. The van der Waals surface area contributed by atoms with E-state index in [1.54, 1.807) is 18.3 Å². The Labute approximate surface area is 178 Å². The highest BCUT2D eigenvalue weighted by Crippen LogP contribution is 2.29. The van der Waals surface area contributed by atoms with Crippen molar-refractivity contribution in [2.45, 2.75) is 39.2 Å². The molecule has 0 atom stereocenters. The second-order valence-electron chi connectivity index (χ2n) is 7.34. The number of carbonyl (C=O) groups excluding carboxylic acids is 1. The lowest BCUT2D eigenvalue weighted by molar-refractivity contribution is -0.125. The molecular weight excluding hydrogens is 405 g/mol. The van der Waals surface area contributed by atoms with Gasteiger partial charge < -0.3 is 14.7 Å². The van der Waals surface area contributed by atoms with Gasteiger partial charge in [-0.25, -0.2) is 9.37 Å². The number of amides is 1. The van der Waals surface area contributed by atoms with Crippen LogP contribution in [0.4, 0.5) is 10.1 Å². The Morgan fingerprint density at radius 2 is 2.20 bits per heavy atom. The van der Waals surface area contributed by atoms with Crippen LogP contribution < -0.4 is 10.2 Å². The first kappa shape index (κ1) is 20.5. The summed E-state index contributed by atoms with van der Waals surface area (Å²) in [7, 11) is 0. The van der Waals surface area contributed by atoms with Crippen LogP contribution in [0.15, 0.2) is 34.3 Å². The minimum atomic E-state index is -0.325. The van der Waals surface area contributed by atoms with E-state index < -0.39 is 0 Å². The van der Waals surface area contributed by atoms with Crippen molar-refractivity contribution in [1.29, 1.82) is 0 Å². The molecule has 4 rings (SSSR count). The third-order valence-corrected chi connectivity index (χ3v) is 6.02. The van der Waals surface area contributed by atoms with Crippen LogP contribution in [0.3, 0.4) is 0 Å². The number of benzene rings is 1. The van der Waals surface area contributed by atoms with E-state index in [1.807, 2.05) is 17.2 Å². The van der Waals surface area contributed by atoms with E-state index in [2.05, 4.69) is 20.4 Å². The monoisotopic (exact) mass is 429 g/mol. The van der Waals surface area contributed by atoms with Crippen LogP contribution in [0.25, 0.3) is 11.5 Å². The van der Waals surface area contributed by atoms with Gasteiger partial charge in [0.1, 0.15) is 10.8 Å². The van der Waals surface area contributed by atoms with E-state index >= 15 is 0 Å². The number of thiazole rings is 1. The summed E-state index contributed by atoms with van der Waals surface area (Å²) in [6.45, 7) is 3.76. The maximum Gasteiger partial charge on any atom is 0.258 e. The van der Waals surface area contributed by atoms with Crippen LogP contribution in [0.1, 0.15) is 37.0 Å². The van der Waals surface area contributed by atoms with Crippen molar-refractivity contribution in [3.05, 3.63) is 46.4 Å². The van der Waals surface area contributed by atoms with Crippen molar-refractivity contribution < 1.29 is 13.7 Å². The number of nitrogens with one attached hydrogen (secondary N) is 1. The third-order valence-electron chi connectivity index (χ3n) is 5.24. The topological polar surface area (TPSA) is 84.2 Å². The lowest BCUT2D eigenvalue weighted by Crippen LogP contribution is -2.40. The molecule has 9 heteroatoms. The van der Waals surface area contributed by atoms with E-state index in [-0.39, 0.29) is 17.6 Å². The van der Waals surface area contributed by atoms with Crippen LogP contribution in [-0.2, 0) is 17.8 Å². The molecule has 158 valence electrons. The molecule has 1 aliphatic rings. The Morgan fingerprint density at radius 1 is 1.37 bits per heavy atom. The standard InChI is InChI=1S/C21H24FN5O2S/c1-2-3-18-25-21(29-26-18)15-4-5-17(16(22)12-15)27-9-6-14(7-10-27)20(28)24-13-19-23-8-11-30-19/h4-5,8,11-12,14H,2-3,6-7,9-10,13H2,1H3,(H,24,28). The molecule has 7 nitrogen and oxygen atoms in total. The predicted molar refractivity (Wildman–Crippen MR) is 113 cm³/mol. The molecule has 2 aromatic heterocycles. The fourth-order valence-electron chi connectivity index (χ4n) is 3.62. The Balaban J connectivity index is 1.34. The highest BCUT2D eigenvalue weighted by atomic mass is 32.1. The molecule has 1 N–H and O–H groups in total. The van der Waals surface area contributed by atoms with Crippen molar-refractivity contribution in [3.63, 3.8) is 0 Å². The number of hydrogen-bond acceptors (Lipinski definition) is 7. The van der Waals surface area contributed by atoms with Crippen molar-refractivity contribution in [1.82, 2.24) is 20.4 Å². The summed E-state index contributed by atoms with van der Waals surface area (Å²) in [6, 6.07) is 4.98. The first-order valence-electron chi connectivity index (χ1n) is 10.2. The molecule has 0 aliphatic carbocycles. The summed E-state index contributed by atoms with van der Waals surface area (Å²) in [6.07, 6.45) is 4.76. The minimum absolute atomic E-state index is 0.0416. The lowest BCUT2D eigenvalue weighted by Gasteiger charge is -2.33. The van der Waals surface area contributed by atoms with E-state index in [4.69, 9.17) is 4.52 Å². The normalized spacial score (nSPS) is 14.8. The van der Waals surface area contributed by atoms with Crippen molar-refractivity contribution in [3.8, 4) is 11.5 Å². The zero-order chi connectivity index (χ0) is 20.9. The van der Waals surface area contributed by atoms with Crippen LogP contribution in [-0.4, -0.2) is 34.1 Å². The second-order valence-corrected chi connectivity index (χ2v) is 8.32. The van der Waals surface area contributed by atoms with E-state index in [0.29, 0.717) is 55.4 Å². The van der Waals surface area contributed by atoms with Gasteiger partial charge in [-0.15, -0.1) is 11.3 Å². The maximum atomic E-state index is 14.8. The van der Waals surface area contributed by atoms with Gasteiger partial charge in [-0.3, -0.25) is 4.79 Å². The summed E-state index contributed by atoms with van der Waals surface area (Å²) in [5.41, 5.74) is 1.11. The maximum absolute atomic E-state index is 14.8. The average Bonchev–Trinajstić information content (AvgIpc) is 3.45. The minimum Gasteiger partial charge on any atom is -0.369 e. The quantitative estimate of drug-likeness (QED) is 0.615. The molecule has 3 heterocycles. The van der Waals surface area contributed by atoms with Gasteiger partial charge in [-0.2, -0.15) is 4.98 Å². The van der Waals surface area contributed by atoms with Crippen molar-refractivity contribution in [2.24, 2.45) is 5.92 Å². The smallest absolute Gasteiger partial charge is 0.258 e. The van der Waals surface area contributed by atoms with Crippen LogP contribution >= 0.6 is 11.3 Å². The molecule has 1 saturated heterocycles. The first-order chi connectivity index (χ1) is 14.6. The van der Waals surface area contributed by atoms with Crippen LogP contribution in [0.2, 0.25) is 0 Å². The predicted octanol–water partition coefficient (Wildman–Crippen LogP) is 3.82. The molecule has 1 fully saturated rings.